The van der Waals surface area contributed by atoms with E-state index in [-0.39, 0.29) is 80.6 Å². The molecule has 20 heteroatoms. The van der Waals surface area contributed by atoms with Crippen LogP contribution in [0.25, 0.3) is 11.3 Å². The zero-order valence-corrected chi connectivity index (χ0v) is 42.2. The summed E-state index contributed by atoms with van der Waals surface area (Å²) < 4.78 is 78.8. The van der Waals surface area contributed by atoms with Crippen molar-refractivity contribution in [2.75, 3.05) is 25.8 Å². The molecule has 16 nitrogen and oxygen atoms in total. The Hall–Kier alpha value is -7.03. The van der Waals surface area contributed by atoms with E-state index in [0.29, 0.717) is 58.3 Å². The van der Waals surface area contributed by atoms with Gasteiger partial charge < -0.3 is 38.6 Å². The Balaban J connectivity index is 1.06. The highest BCUT2D eigenvalue weighted by molar-refractivity contribution is 6.76. The van der Waals surface area contributed by atoms with Crippen LogP contribution in [0.3, 0.4) is 0 Å². The molecule has 7 rings (SSSR count). The molecule has 382 valence electrons. The second-order valence-electron chi connectivity index (χ2n) is 19.5. The molecule has 1 fully saturated rings. The van der Waals surface area contributed by atoms with E-state index in [2.05, 4.69) is 29.9 Å². The summed E-state index contributed by atoms with van der Waals surface area (Å²) in [5.74, 6) is -0.646. The molecule has 5 aromatic rings. The number of halogens is 3. The number of hydrogen-bond donors (Lipinski definition) is 1. The Morgan fingerprint density at radius 2 is 1.65 bits per heavy atom. The predicted octanol–water partition coefficient (Wildman–Crippen LogP) is 9.46. The molecule has 0 bridgehead atoms. The number of ether oxygens (including phenoxy) is 6. The van der Waals surface area contributed by atoms with Crippen molar-refractivity contribution in [1.82, 2.24) is 19.4 Å². The number of benzene rings is 3. The number of nitrogens with one attached hydrogen (secondary N) is 1. The number of rotatable bonds is 20. The van der Waals surface area contributed by atoms with Gasteiger partial charge in [0.25, 0.3) is 11.8 Å². The molecule has 3 amide bonds. The lowest BCUT2D eigenvalue weighted by molar-refractivity contribution is -0.158. The average Bonchev–Trinajstić information content (AvgIpc) is 3.92. The van der Waals surface area contributed by atoms with Gasteiger partial charge in [-0.15, -0.1) is 0 Å². The summed E-state index contributed by atoms with van der Waals surface area (Å²) in [6.45, 7) is 11.5. The molecule has 2 atom stereocenters. The van der Waals surface area contributed by atoms with Gasteiger partial charge in [0.05, 0.1) is 25.0 Å². The van der Waals surface area contributed by atoms with Crippen LogP contribution in [0.4, 0.5) is 23.7 Å². The molecule has 2 unspecified atom stereocenters. The van der Waals surface area contributed by atoms with E-state index in [9.17, 15) is 37.1 Å². The molecule has 72 heavy (non-hydrogen) atoms. The van der Waals surface area contributed by atoms with Gasteiger partial charge in [0.1, 0.15) is 48.6 Å². The summed E-state index contributed by atoms with van der Waals surface area (Å²) in [4.78, 5) is 72.8. The number of nitrogens with zero attached hydrogens (tertiary/aromatic N) is 4. The molecule has 1 N–H and O–H groups in total. The highest BCUT2D eigenvalue weighted by Crippen LogP contribution is 2.42. The Labute approximate surface area is 416 Å². The molecule has 0 saturated carbocycles. The fourth-order valence-electron chi connectivity index (χ4n) is 7.96. The first kappa shape index (κ1) is 52.8. The van der Waals surface area contributed by atoms with Crippen molar-refractivity contribution in [3.63, 3.8) is 0 Å². The summed E-state index contributed by atoms with van der Waals surface area (Å²) in [5.41, 5.74) is 0.894. The number of amides is 3. The van der Waals surface area contributed by atoms with Crippen molar-refractivity contribution < 1.29 is 65.6 Å². The molecular formula is C52H58F3N5O11Si. The van der Waals surface area contributed by atoms with E-state index in [1.807, 2.05) is 0 Å². The first-order valence-corrected chi connectivity index (χ1v) is 27.0. The SMILES string of the molecule is COc1ccc(COc2ccnc(OCc3ccccc3COC(C=O)Nc3ccc4c(c3)CN(C3CCC(=O)N(COCC[Si](C)(C)C)C3=O)C4=O)c2-c2cc(C(F)(F)F)cn2C(=O)OC(C)(C)C)cc1. The normalized spacial score (nSPS) is 15.6. The number of imide groups is 1. The molecule has 2 aliphatic heterocycles. The summed E-state index contributed by atoms with van der Waals surface area (Å²) in [7, 11) is 0.138. The van der Waals surface area contributed by atoms with Crippen LogP contribution in [0.2, 0.25) is 25.7 Å². The zero-order valence-electron chi connectivity index (χ0n) is 41.2. The Morgan fingerprint density at radius 3 is 2.32 bits per heavy atom. The molecule has 4 heterocycles. The minimum atomic E-state index is -4.84. The highest BCUT2D eigenvalue weighted by Gasteiger charge is 2.43. The number of alkyl halides is 3. The van der Waals surface area contributed by atoms with Crippen LogP contribution in [0.1, 0.15) is 71.8 Å². The minimum absolute atomic E-state index is 0.0212. The van der Waals surface area contributed by atoms with Gasteiger partial charge >= 0.3 is 12.3 Å². The van der Waals surface area contributed by atoms with Crippen LogP contribution in [0, 0.1) is 0 Å². The third-order valence-corrected chi connectivity index (χ3v) is 13.5. The standard InChI is InChI=1S/C52H58F3N5O11Si/c1-51(2,3)71-50(65)59-27-37(52(53,54)55)25-42(59)46-43(68-29-33-12-15-39(66-4)16-13-33)20-21-56-47(46)70-31-35-11-9-8-10-34(35)30-69-44(28-61)57-38-14-17-40-36(24-38)26-58(48(40)63)41-18-19-45(62)60(49(41)64)32-67-22-23-72(5,6)7/h8-17,20-21,24-25,27-28,41,44,57H,18-19,22-23,26,29-32H2,1-7H3. The minimum Gasteiger partial charge on any atom is -0.497 e. The number of likely N-dealkylation sites (tertiary alicyclic amines) is 1. The van der Waals surface area contributed by atoms with Gasteiger partial charge in [-0.25, -0.2) is 9.78 Å². The van der Waals surface area contributed by atoms with Crippen LogP contribution in [0.5, 0.6) is 17.4 Å². The van der Waals surface area contributed by atoms with Crippen LogP contribution in [-0.4, -0.2) is 95.8 Å². The van der Waals surface area contributed by atoms with Crippen molar-refractivity contribution in [3.05, 3.63) is 125 Å². The largest absolute Gasteiger partial charge is 0.497 e. The van der Waals surface area contributed by atoms with Crippen molar-refractivity contribution in [3.8, 4) is 28.6 Å². The Morgan fingerprint density at radius 1 is 0.931 bits per heavy atom. The van der Waals surface area contributed by atoms with Gasteiger partial charge in [0.2, 0.25) is 11.8 Å². The van der Waals surface area contributed by atoms with E-state index in [4.69, 9.17) is 28.4 Å². The maximum Gasteiger partial charge on any atom is 0.419 e. The van der Waals surface area contributed by atoms with Crippen molar-refractivity contribution in [2.45, 2.75) is 110 Å². The number of carbonyl (C=O) groups excluding carboxylic acids is 5. The average molecular weight is 1010 g/mol. The lowest BCUT2D eigenvalue weighted by atomic mass is 10.0. The van der Waals surface area contributed by atoms with Gasteiger partial charge in [0.15, 0.2) is 12.5 Å². The molecular weight excluding hydrogens is 956 g/mol. The number of pyridine rings is 1. The number of anilines is 1. The molecule has 1 saturated heterocycles. The molecule has 2 aliphatic rings. The smallest absolute Gasteiger partial charge is 0.419 e. The van der Waals surface area contributed by atoms with Crippen molar-refractivity contribution in [1.29, 1.82) is 0 Å². The molecule has 0 spiro atoms. The maximum atomic E-state index is 14.3. The third kappa shape index (κ3) is 13.1. The van der Waals surface area contributed by atoms with E-state index < -0.39 is 49.7 Å². The Bertz CT molecular complexity index is 2790. The van der Waals surface area contributed by atoms with Crippen LogP contribution in [0.15, 0.2) is 91.3 Å². The second-order valence-corrected chi connectivity index (χ2v) is 25.1. The summed E-state index contributed by atoms with van der Waals surface area (Å²) in [5, 5.41) is 3.04. The van der Waals surface area contributed by atoms with Crippen molar-refractivity contribution >= 4 is 43.9 Å². The number of aromatic nitrogens is 2. The predicted molar refractivity (Wildman–Crippen MR) is 261 cm³/mol. The number of methoxy groups -OCH3 is 1. The van der Waals surface area contributed by atoms with Crippen molar-refractivity contribution in [2.24, 2.45) is 0 Å². The van der Waals surface area contributed by atoms with Gasteiger partial charge in [-0.2, -0.15) is 13.2 Å². The van der Waals surface area contributed by atoms with E-state index in [1.54, 1.807) is 87.5 Å². The summed E-state index contributed by atoms with van der Waals surface area (Å²) >= 11 is 0. The highest BCUT2D eigenvalue weighted by atomic mass is 28.3. The summed E-state index contributed by atoms with van der Waals surface area (Å²) in [6.07, 6.45) is -4.20. The molecule has 3 aromatic carbocycles. The molecule has 2 aromatic heterocycles. The van der Waals surface area contributed by atoms with Crippen LogP contribution >= 0.6 is 0 Å². The van der Waals surface area contributed by atoms with E-state index in [1.165, 1.54) is 24.3 Å². The number of hydrogen-bond acceptors (Lipinski definition) is 13. The first-order valence-electron chi connectivity index (χ1n) is 23.3. The fraction of sp³-hybridized carbons (Fsp3) is 0.385. The maximum absolute atomic E-state index is 14.3. The zero-order chi connectivity index (χ0) is 52.0. The van der Waals surface area contributed by atoms with Gasteiger partial charge in [-0.3, -0.25) is 28.6 Å². The molecule has 0 radical (unpaired) electrons. The van der Waals surface area contributed by atoms with Gasteiger partial charge in [0, 0.05) is 51.3 Å². The van der Waals surface area contributed by atoms with Gasteiger partial charge in [-0.05, 0) is 98.0 Å². The topological polar surface area (TPSA) is 177 Å². The quantitative estimate of drug-likeness (QED) is 0.0257. The third-order valence-electron chi connectivity index (χ3n) is 11.8. The Kier molecular flexibility index (Phi) is 16.2. The lowest BCUT2D eigenvalue weighted by Crippen LogP contribution is -2.55. The number of piperidine rings is 1. The second kappa shape index (κ2) is 22.2. The molecule has 0 aliphatic carbocycles. The van der Waals surface area contributed by atoms with E-state index in [0.717, 1.165) is 21.6 Å². The monoisotopic (exact) mass is 1010 g/mol. The first-order chi connectivity index (χ1) is 34.1. The lowest BCUT2D eigenvalue weighted by Gasteiger charge is -2.35. The summed E-state index contributed by atoms with van der Waals surface area (Å²) in [6, 6.07) is 21.2. The van der Waals surface area contributed by atoms with E-state index >= 15 is 0 Å². The number of aldehydes is 1. The number of carbonyl (C=O) groups is 5. The fourth-order valence-corrected chi connectivity index (χ4v) is 8.71. The van der Waals surface area contributed by atoms with Crippen LogP contribution in [-0.2, 0) is 61.1 Å². The van der Waals surface area contributed by atoms with Gasteiger partial charge in [-0.1, -0.05) is 56.0 Å². The van der Waals surface area contributed by atoms with Crippen LogP contribution < -0.4 is 19.5 Å². The number of fused-ring (bicyclic) bond motifs is 1.